The van der Waals surface area contributed by atoms with E-state index < -0.39 is 5.97 Å². The van der Waals surface area contributed by atoms with Gasteiger partial charge in [-0.1, -0.05) is 19.8 Å². The van der Waals surface area contributed by atoms with Crippen LogP contribution in [0, 0.1) is 5.92 Å². The van der Waals surface area contributed by atoms with Crippen LogP contribution in [0.1, 0.15) is 56.3 Å². The van der Waals surface area contributed by atoms with Gasteiger partial charge in [-0.15, -0.1) is 0 Å². The van der Waals surface area contributed by atoms with Crippen molar-refractivity contribution in [2.75, 3.05) is 17.7 Å². The van der Waals surface area contributed by atoms with E-state index in [9.17, 15) is 4.79 Å². The number of pyridine rings is 1. The van der Waals surface area contributed by atoms with Gasteiger partial charge in [-0.2, -0.15) is 0 Å². The van der Waals surface area contributed by atoms with Crippen LogP contribution in [0.15, 0.2) is 12.3 Å². The average molecular weight is 291 g/mol. The van der Waals surface area contributed by atoms with Gasteiger partial charge in [-0.05, 0) is 38.2 Å². The molecule has 0 saturated heterocycles. The van der Waals surface area contributed by atoms with Crippen molar-refractivity contribution < 1.29 is 9.53 Å². The SMILES string of the molecule is CCOC(=O)c1cc(NC2CCCC(C)CC2)ncc1N. The second-order valence-corrected chi connectivity index (χ2v) is 5.83. The molecule has 1 aliphatic rings. The van der Waals surface area contributed by atoms with Crippen LogP contribution in [-0.2, 0) is 4.74 Å². The van der Waals surface area contributed by atoms with Gasteiger partial charge in [-0.3, -0.25) is 0 Å². The smallest absolute Gasteiger partial charge is 0.340 e. The number of ether oxygens (including phenoxy) is 1. The summed E-state index contributed by atoms with van der Waals surface area (Å²) in [6, 6.07) is 2.11. The Morgan fingerprint density at radius 3 is 3.00 bits per heavy atom. The lowest BCUT2D eigenvalue weighted by Crippen LogP contribution is -2.20. The number of esters is 1. The number of nitrogens with one attached hydrogen (secondary N) is 1. The highest BCUT2D eigenvalue weighted by molar-refractivity contribution is 5.95. The molecule has 0 aromatic carbocycles. The number of carbonyl (C=O) groups is 1. The molecule has 1 heterocycles. The third kappa shape index (κ3) is 4.34. The van der Waals surface area contributed by atoms with E-state index in [4.69, 9.17) is 10.5 Å². The van der Waals surface area contributed by atoms with Crippen LogP contribution in [-0.4, -0.2) is 23.6 Å². The summed E-state index contributed by atoms with van der Waals surface area (Å²) in [5.74, 6) is 1.10. The van der Waals surface area contributed by atoms with Crippen molar-refractivity contribution in [1.82, 2.24) is 4.98 Å². The molecule has 1 aromatic heterocycles. The van der Waals surface area contributed by atoms with E-state index in [1.165, 1.54) is 25.5 Å². The minimum atomic E-state index is -0.394. The van der Waals surface area contributed by atoms with E-state index in [-0.39, 0.29) is 0 Å². The van der Waals surface area contributed by atoms with Crippen molar-refractivity contribution in [2.24, 2.45) is 5.92 Å². The van der Waals surface area contributed by atoms with E-state index in [0.29, 0.717) is 29.7 Å². The molecule has 116 valence electrons. The molecular weight excluding hydrogens is 266 g/mol. The van der Waals surface area contributed by atoms with Gasteiger partial charge >= 0.3 is 5.97 Å². The molecule has 1 aliphatic carbocycles. The zero-order chi connectivity index (χ0) is 15.2. The van der Waals surface area contributed by atoms with Gasteiger partial charge in [-0.25, -0.2) is 9.78 Å². The maximum Gasteiger partial charge on any atom is 0.340 e. The predicted molar refractivity (Wildman–Crippen MR) is 84.3 cm³/mol. The standard InChI is InChI=1S/C16H25N3O2/c1-3-21-16(20)13-9-15(18-10-14(13)17)19-12-6-4-5-11(2)7-8-12/h9-12H,3-8,17H2,1-2H3,(H,18,19). The van der Waals surface area contributed by atoms with E-state index in [1.54, 1.807) is 13.0 Å². The first kappa shape index (κ1) is 15.6. The molecule has 5 nitrogen and oxygen atoms in total. The van der Waals surface area contributed by atoms with Crippen LogP contribution in [0.5, 0.6) is 0 Å². The molecule has 2 unspecified atom stereocenters. The molecule has 0 aliphatic heterocycles. The molecule has 5 heteroatoms. The molecule has 1 saturated carbocycles. The van der Waals surface area contributed by atoms with Gasteiger partial charge in [0.25, 0.3) is 0 Å². The predicted octanol–water partition coefficient (Wildman–Crippen LogP) is 3.22. The first-order chi connectivity index (χ1) is 10.1. The molecular formula is C16H25N3O2. The van der Waals surface area contributed by atoms with Crippen LogP contribution >= 0.6 is 0 Å². The molecule has 0 amide bonds. The number of rotatable bonds is 4. The molecule has 2 atom stereocenters. The summed E-state index contributed by atoms with van der Waals surface area (Å²) >= 11 is 0. The molecule has 2 rings (SSSR count). The highest BCUT2D eigenvalue weighted by Crippen LogP contribution is 2.25. The van der Waals surface area contributed by atoms with Crippen LogP contribution in [0.3, 0.4) is 0 Å². The van der Waals surface area contributed by atoms with Crippen LogP contribution in [0.25, 0.3) is 0 Å². The maximum absolute atomic E-state index is 11.9. The fourth-order valence-electron chi connectivity index (χ4n) is 2.77. The Morgan fingerprint density at radius 2 is 2.24 bits per heavy atom. The van der Waals surface area contributed by atoms with Gasteiger partial charge in [0.1, 0.15) is 5.82 Å². The first-order valence-corrected chi connectivity index (χ1v) is 7.79. The summed E-state index contributed by atoms with van der Waals surface area (Å²) in [7, 11) is 0. The third-order valence-electron chi connectivity index (χ3n) is 4.04. The molecule has 0 radical (unpaired) electrons. The van der Waals surface area contributed by atoms with Gasteiger partial charge in [0.2, 0.25) is 0 Å². The normalized spacial score (nSPS) is 22.4. The number of nitrogens with zero attached hydrogens (tertiary/aromatic N) is 1. The summed E-state index contributed by atoms with van der Waals surface area (Å²) < 4.78 is 5.01. The number of nitrogens with two attached hydrogens (primary N) is 1. The maximum atomic E-state index is 11.9. The highest BCUT2D eigenvalue weighted by Gasteiger charge is 2.18. The average Bonchev–Trinajstić information content (AvgIpc) is 2.66. The third-order valence-corrected chi connectivity index (χ3v) is 4.04. The Bertz CT molecular complexity index is 490. The Labute approximate surface area is 126 Å². The molecule has 1 fully saturated rings. The van der Waals surface area contributed by atoms with Crippen LogP contribution in [0.4, 0.5) is 11.5 Å². The van der Waals surface area contributed by atoms with Crippen molar-refractivity contribution in [3.63, 3.8) is 0 Å². The van der Waals surface area contributed by atoms with Gasteiger partial charge < -0.3 is 15.8 Å². The molecule has 3 N–H and O–H groups in total. The fraction of sp³-hybridized carbons (Fsp3) is 0.625. The van der Waals surface area contributed by atoms with Gasteiger partial charge in [0.05, 0.1) is 24.1 Å². The zero-order valence-electron chi connectivity index (χ0n) is 12.9. The topological polar surface area (TPSA) is 77.2 Å². The minimum absolute atomic E-state index is 0.337. The summed E-state index contributed by atoms with van der Waals surface area (Å²) in [4.78, 5) is 16.1. The molecule has 1 aromatic rings. The summed E-state index contributed by atoms with van der Waals surface area (Å²) in [5, 5.41) is 3.43. The molecule has 0 spiro atoms. The van der Waals surface area contributed by atoms with E-state index in [2.05, 4.69) is 17.2 Å². The number of nitrogen functional groups attached to an aromatic ring is 1. The number of anilines is 2. The Balaban J connectivity index is 2.06. The summed E-state index contributed by atoms with van der Waals surface area (Å²) in [5.41, 5.74) is 6.55. The Morgan fingerprint density at radius 1 is 1.43 bits per heavy atom. The lowest BCUT2D eigenvalue weighted by Gasteiger charge is -2.17. The molecule has 0 bridgehead atoms. The number of carbonyl (C=O) groups excluding carboxylic acids is 1. The zero-order valence-corrected chi connectivity index (χ0v) is 12.9. The second-order valence-electron chi connectivity index (χ2n) is 5.83. The second kappa shape index (κ2) is 7.29. The minimum Gasteiger partial charge on any atom is -0.462 e. The Hall–Kier alpha value is -1.78. The van der Waals surface area contributed by atoms with Gasteiger partial charge in [0, 0.05) is 6.04 Å². The fourth-order valence-corrected chi connectivity index (χ4v) is 2.77. The van der Waals surface area contributed by atoms with Crippen LogP contribution in [0.2, 0.25) is 0 Å². The van der Waals surface area contributed by atoms with Crippen molar-refractivity contribution >= 4 is 17.5 Å². The Kier molecular flexibility index (Phi) is 5.42. The lowest BCUT2D eigenvalue weighted by molar-refractivity contribution is 0.0527. The summed E-state index contributed by atoms with van der Waals surface area (Å²) in [6.07, 6.45) is 7.57. The monoisotopic (exact) mass is 291 g/mol. The first-order valence-electron chi connectivity index (χ1n) is 7.79. The van der Waals surface area contributed by atoms with Crippen molar-refractivity contribution in [1.29, 1.82) is 0 Å². The largest absolute Gasteiger partial charge is 0.462 e. The number of aromatic nitrogens is 1. The van der Waals surface area contributed by atoms with Crippen molar-refractivity contribution in [3.8, 4) is 0 Å². The van der Waals surface area contributed by atoms with Crippen molar-refractivity contribution in [2.45, 2.75) is 52.0 Å². The van der Waals surface area contributed by atoms with E-state index >= 15 is 0 Å². The van der Waals surface area contributed by atoms with Crippen molar-refractivity contribution in [3.05, 3.63) is 17.8 Å². The number of hydrogen-bond donors (Lipinski definition) is 2. The quantitative estimate of drug-likeness (QED) is 0.658. The summed E-state index contributed by atoms with van der Waals surface area (Å²) in [6.45, 7) is 4.42. The number of hydrogen-bond acceptors (Lipinski definition) is 5. The van der Waals surface area contributed by atoms with E-state index in [1.807, 2.05) is 0 Å². The lowest BCUT2D eigenvalue weighted by atomic mass is 10.0. The highest BCUT2D eigenvalue weighted by atomic mass is 16.5. The van der Waals surface area contributed by atoms with Crippen LogP contribution < -0.4 is 11.1 Å². The van der Waals surface area contributed by atoms with Gasteiger partial charge in [0.15, 0.2) is 0 Å². The molecule has 21 heavy (non-hydrogen) atoms. The van der Waals surface area contributed by atoms with E-state index in [0.717, 1.165) is 18.8 Å².